The summed E-state index contributed by atoms with van der Waals surface area (Å²) in [5.41, 5.74) is 6.15. The molecule has 1 saturated carbocycles. The van der Waals surface area contributed by atoms with Crippen molar-refractivity contribution in [1.82, 2.24) is 5.06 Å². The van der Waals surface area contributed by atoms with Crippen molar-refractivity contribution in [3.63, 3.8) is 0 Å². The van der Waals surface area contributed by atoms with Crippen LogP contribution in [0, 0.1) is 5.21 Å². The van der Waals surface area contributed by atoms with Crippen LogP contribution in [-0.2, 0) is 0 Å². The van der Waals surface area contributed by atoms with Crippen LogP contribution in [0.25, 0.3) is 0 Å². The minimum atomic E-state index is -0.737. The molecule has 90 valence electrons. The van der Waals surface area contributed by atoms with E-state index in [-0.39, 0.29) is 22.4 Å². The van der Waals surface area contributed by atoms with Crippen LogP contribution in [0.4, 0.5) is 5.69 Å². The summed E-state index contributed by atoms with van der Waals surface area (Å²) in [5.74, 6) is -0.283. The minimum absolute atomic E-state index is 0.137. The number of nitrogens with zero attached hydrogens (tertiary/aromatic N) is 1. The lowest BCUT2D eigenvalue weighted by atomic mass is 10.1. The number of nitrogen functional groups attached to an aromatic ring is 1. The van der Waals surface area contributed by atoms with Crippen molar-refractivity contribution >= 4 is 11.6 Å². The van der Waals surface area contributed by atoms with Crippen LogP contribution >= 0.6 is 0 Å². The second-order valence-corrected chi connectivity index (χ2v) is 3.85. The Morgan fingerprint density at radius 2 is 2.29 bits per heavy atom. The summed E-state index contributed by atoms with van der Waals surface area (Å²) in [6.45, 7) is 3.24. The molecule has 0 saturated heterocycles. The third kappa shape index (κ3) is 2.39. The fourth-order valence-electron chi connectivity index (χ4n) is 1.40. The van der Waals surface area contributed by atoms with E-state index < -0.39 is 5.91 Å². The Morgan fingerprint density at radius 1 is 1.59 bits per heavy atom. The Hall–Kier alpha value is -2.01. The van der Waals surface area contributed by atoms with Gasteiger partial charge in [0, 0.05) is 0 Å². The van der Waals surface area contributed by atoms with Crippen LogP contribution in [0.2, 0.25) is 0 Å². The van der Waals surface area contributed by atoms with Gasteiger partial charge in [-0.25, -0.2) is 0 Å². The van der Waals surface area contributed by atoms with Gasteiger partial charge in [0.1, 0.15) is 5.75 Å². The molecule has 1 fully saturated rings. The Labute approximate surface area is 99.0 Å². The molecule has 0 radical (unpaired) electrons. The fraction of sp³-hybridized carbons (Fsp3) is 0.250. The van der Waals surface area contributed by atoms with E-state index in [9.17, 15) is 10.0 Å². The van der Waals surface area contributed by atoms with Gasteiger partial charge in [-0.05, 0) is 31.2 Å². The Bertz CT molecular complexity index is 455. The molecular formula is C12H13N2O3-. The van der Waals surface area contributed by atoms with Gasteiger partial charge in [0.15, 0.2) is 0 Å². The van der Waals surface area contributed by atoms with Crippen LogP contribution in [0.5, 0.6) is 5.75 Å². The predicted octanol–water partition coefficient (Wildman–Crippen LogP) is 1.89. The van der Waals surface area contributed by atoms with E-state index in [1.807, 2.05) is 0 Å². The van der Waals surface area contributed by atoms with Crippen molar-refractivity contribution in [3.8, 4) is 5.75 Å². The maximum atomic E-state index is 11.7. The van der Waals surface area contributed by atoms with Crippen LogP contribution < -0.4 is 10.5 Å². The van der Waals surface area contributed by atoms with Crippen molar-refractivity contribution in [1.29, 1.82) is 0 Å². The van der Waals surface area contributed by atoms with Crippen molar-refractivity contribution in [3.05, 3.63) is 41.7 Å². The number of nitrogens with two attached hydrogens (primary N) is 1. The van der Waals surface area contributed by atoms with Gasteiger partial charge in [-0.2, -0.15) is 0 Å². The molecule has 5 heteroatoms. The van der Waals surface area contributed by atoms with E-state index in [0.717, 1.165) is 19.0 Å². The van der Waals surface area contributed by atoms with Crippen LogP contribution in [0.1, 0.15) is 23.2 Å². The molecule has 0 bridgehead atoms. The Kier molecular flexibility index (Phi) is 3.01. The largest absolute Gasteiger partial charge is 0.752 e. The van der Waals surface area contributed by atoms with E-state index in [2.05, 4.69) is 6.58 Å². The lowest BCUT2D eigenvalue weighted by Gasteiger charge is -2.24. The molecule has 5 nitrogen and oxygen atoms in total. The zero-order valence-corrected chi connectivity index (χ0v) is 9.26. The third-order valence-corrected chi connectivity index (χ3v) is 2.48. The molecule has 0 aliphatic heterocycles. The number of para-hydroxylation sites is 1. The smallest absolute Gasteiger partial charge is 0.249 e. The van der Waals surface area contributed by atoms with Gasteiger partial charge in [-0.1, -0.05) is 12.6 Å². The average Bonchev–Trinajstić information content (AvgIpc) is 3.14. The number of amides is 1. The molecule has 17 heavy (non-hydrogen) atoms. The van der Waals surface area contributed by atoms with Gasteiger partial charge in [0.2, 0.25) is 5.91 Å². The first-order valence-electron chi connectivity index (χ1n) is 5.32. The van der Waals surface area contributed by atoms with Crippen molar-refractivity contribution in [2.75, 3.05) is 5.73 Å². The molecule has 1 aliphatic rings. The lowest BCUT2D eigenvalue weighted by Crippen LogP contribution is -2.20. The number of rotatable bonds is 4. The summed E-state index contributed by atoms with van der Waals surface area (Å²) in [7, 11) is 0. The summed E-state index contributed by atoms with van der Waals surface area (Å²) in [5, 5.41) is 11.3. The van der Waals surface area contributed by atoms with E-state index in [1.165, 1.54) is 6.07 Å². The number of anilines is 1. The molecule has 0 spiro atoms. The fourth-order valence-corrected chi connectivity index (χ4v) is 1.40. The van der Waals surface area contributed by atoms with Crippen molar-refractivity contribution < 1.29 is 9.53 Å². The van der Waals surface area contributed by atoms with Crippen LogP contribution in [0.15, 0.2) is 31.0 Å². The first kappa shape index (κ1) is 11.5. The maximum absolute atomic E-state index is 11.7. The van der Waals surface area contributed by atoms with Crippen LogP contribution in [-0.4, -0.2) is 17.1 Å². The number of carbonyl (C=O) groups excluding carboxylic acids is 1. The Morgan fingerprint density at radius 3 is 2.88 bits per heavy atom. The molecule has 1 aromatic rings. The number of hydrogen-bond acceptors (Lipinski definition) is 4. The van der Waals surface area contributed by atoms with Gasteiger partial charge in [-0.3, -0.25) is 4.79 Å². The van der Waals surface area contributed by atoms with Gasteiger partial charge in [0.05, 0.1) is 17.4 Å². The zero-order chi connectivity index (χ0) is 12.4. The summed E-state index contributed by atoms with van der Waals surface area (Å²) in [6.07, 6.45) is 3.08. The lowest BCUT2D eigenvalue weighted by molar-refractivity contribution is 0.0870. The molecule has 2 N–H and O–H groups in total. The Balaban J connectivity index is 2.27. The molecule has 1 aromatic carbocycles. The summed E-state index contributed by atoms with van der Waals surface area (Å²) >= 11 is 0. The molecule has 1 amide bonds. The van der Waals surface area contributed by atoms with E-state index in [0.29, 0.717) is 5.75 Å². The van der Waals surface area contributed by atoms with Crippen LogP contribution in [0.3, 0.4) is 0 Å². The molecule has 1 aliphatic carbocycles. The molecule has 2 rings (SSSR count). The standard InChI is InChI=1S/C12H13N2O3/c1-2-14(16)12(15)9-4-3-5-10(11(9)13)17-8-6-7-8/h2-5,8H,1,6-7,13H2/q-1. The molecule has 0 unspecified atom stereocenters. The second-order valence-electron chi connectivity index (χ2n) is 3.85. The highest BCUT2D eigenvalue weighted by Crippen LogP contribution is 2.32. The molecule has 0 atom stereocenters. The number of carbonyl (C=O) groups is 1. The van der Waals surface area contributed by atoms with E-state index >= 15 is 0 Å². The minimum Gasteiger partial charge on any atom is -0.752 e. The summed E-state index contributed by atoms with van der Waals surface area (Å²) < 4.78 is 5.54. The van der Waals surface area contributed by atoms with Gasteiger partial charge in [-0.15, -0.1) is 0 Å². The number of benzene rings is 1. The molecule has 0 heterocycles. The summed E-state index contributed by atoms with van der Waals surface area (Å²) in [6, 6.07) is 4.82. The van der Waals surface area contributed by atoms with Gasteiger partial charge < -0.3 is 20.7 Å². The van der Waals surface area contributed by atoms with Crippen molar-refractivity contribution in [2.24, 2.45) is 0 Å². The average molecular weight is 233 g/mol. The monoisotopic (exact) mass is 233 g/mol. The molecule has 0 aromatic heterocycles. The van der Waals surface area contributed by atoms with Gasteiger partial charge in [0.25, 0.3) is 0 Å². The van der Waals surface area contributed by atoms with E-state index in [4.69, 9.17) is 10.5 Å². The topological polar surface area (TPSA) is 78.6 Å². The molecular weight excluding hydrogens is 220 g/mol. The number of hydrogen-bond donors (Lipinski definition) is 1. The first-order valence-corrected chi connectivity index (χ1v) is 5.32. The summed E-state index contributed by atoms with van der Waals surface area (Å²) in [4.78, 5) is 11.7. The zero-order valence-electron chi connectivity index (χ0n) is 9.26. The SMILES string of the molecule is C=CN([O-])C(=O)c1cccc(OC2CC2)c1N. The highest BCUT2D eigenvalue weighted by molar-refractivity contribution is 6.01. The quantitative estimate of drug-likeness (QED) is 0.636. The number of ether oxygens (including phenoxy) is 1. The van der Waals surface area contributed by atoms with Gasteiger partial charge >= 0.3 is 0 Å². The first-order chi connectivity index (χ1) is 8.13. The highest BCUT2D eigenvalue weighted by atomic mass is 16.5. The second kappa shape index (κ2) is 4.47. The third-order valence-electron chi connectivity index (χ3n) is 2.48. The maximum Gasteiger partial charge on any atom is 0.249 e. The number of hydroxylamine groups is 2. The highest BCUT2D eigenvalue weighted by Gasteiger charge is 2.25. The van der Waals surface area contributed by atoms with E-state index in [1.54, 1.807) is 12.1 Å². The van der Waals surface area contributed by atoms with Crippen molar-refractivity contribution in [2.45, 2.75) is 18.9 Å². The normalized spacial score (nSPS) is 14.2. The predicted molar refractivity (Wildman–Crippen MR) is 64.2 cm³/mol.